The van der Waals surface area contributed by atoms with E-state index in [2.05, 4.69) is 15.5 Å². The Hall–Kier alpha value is -1.21. The summed E-state index contributed by atoms with van der Waals surface area (Å²) < 4.78 is 5.60. The lowest BCUT2D eigenvalue weighted by Crippen LogP contribution is -2.61. The van der Waals surface area contributed by atoms with Gasteiger partial charge in [0, 0.05) is 19.1 Å². The van der Waals surface area contributed by atoms with Gasteiger partial charge in [0.15, 0.2) is 0 Å². The number of nitrogens with one attached hydrogen (secondary N) is 1. The largest absolute Gasteiger partial charge is 0.444 e. The fourth-order valence-electron chi connectivity index (χ4n) is 3.11. The summed E-state index contributed by atoms with van der Waals surface area (Å²) in [6.45, 7) is 7.23. The molecule has 2 fully saturated rings. The zero-order chi connectivity index (χ0) is 14.4. The number of aromatic nitrogens is 2. The first-order valence-electron chi connectivity index (χ1n) is 6.92. The number of piperazine rings is 1. The smallest absolute Gasteiger partial charge is 0.411 e. The van der Waals surface area contributed by atoms with Crippen molar-refractivity contribution in [2.24, 2.45) is 0 Å². The minimum Gasteiger partial charge on any atom is -0.444 e. The fraction of sp³-hybridized carbons (Fsp3) is 0.769. The molecule has 110 valence electrons. The Bertz CT molecular complexity index is 495. The number of rotatable bonds is 1. The first kappa shape index (κ1) is 13.8. The van der Waals surface area contributed by atoms with Crippen LogP contribution < -0.4 is 5.32 Å². The minimum atomic E-state index is -0.482. The van der Waals surface area contributed by atoms with Crippen molar-refractivity contribution in [2.75, 3.05) is 13.1 Å². The molecule has 0 saturated carbocycles. The lowest BCUT2D eigenvalue weighted by atomic mass is 9.97. The van der Waals surface area contributed by atoms with Crippen LogP contribution in [-0.2, 0) is 10.3 Å². The van der Waals surface area contributed by atoms with Crippen LogP contribution in [0.4, 0.5) is 4.79 Å². The van der Waals surface area contributed by atoms with E-state index in [9.17, 15) is 4.79 Å². The van der Waals surface area contributed by atoms with Crippen molar-refractivity contribution in [1.29, 1.82) is 0 Å². The van der Waals surface area contributed by atoms with Gasteiger partial charge >= 0.3 is 6.09 Å². The molecule has 3 heterocycles. The van der Waals surface area contributed by atoms with Crippen LogP contribution in [0.5, 0.6) is 0 Å². The predicted molar refractivity (Wildman–Crippen MR) is 75.6 cm³/mol. The maximum Gasteiger partial charge on any atom is 0.411 e. The van der Waals surface area contributed by atoms with Crippen LogP contribution in [0.25, 0.3) is 0 Å². The predicted octanol–water partition coefficient (Wildman–Crippen LogP) is 1.74. The standard InChI is InChI=1S/C13H20N4O2S/c1-12(2,3)19-11(18)17-9-4-5-13(17,7-14-6-9)10-16-15-8-20-10/h8-9,14H,4-7H2,1-3H3. The number of fused-ring (bicyclic) bond motifs is 2. The van der Waals surface area contributed by atoms with E-state index in [4.69, 9.17) is 4.74 Å². The summed E-state index contributed by atoms with van der Waals surface area (Å²) in [5, 5.41) is 12.5. The van der Waals surface area contributed by atoms with Crippen molar-refractivity contribution in [1.82, 2.24) is 20.4 Å². The summed E-state index contributed by atoms with van der Waals surface area (Å²) in [5.74, 6) is 0. The highest BCUT2D eigenvalue weighted by molar-refractivity contribution is 7.09. The monoisotopic (exact) mass is 296 g/mol. The summed E-state index contributed by atoms with van der Waals surface area (Å²) in [5.41, 5.74) is 0.857. The van der Waals surface area contributed by atoms with Gasteiger partial charge in [-0.15, -0.1) is 21.5 Å². The van der Waals surface area contributed by atoms with Gasteiger partial charge in [-0.25, -0.2) is 4.79 Å². The zero-order valence-corrected chi connectivity index (χ0v) is 12.9. The Morgan fingerprint density at radius 3 is 3.05 bits per heavy atom. The second-order valence-corrected chi connectivity index (χ2v) is 7.28. The maximum absolute atomic E-state index is 12.6. The molecule has 6 nitrogen and oxygen atoms in total. The summed E-state index contributed by atoms with van der Waals surface area (Å²) in [7, 11) is 0. The number of nitrogens with zero attached hydrogens (tertiary/aromatic N) is 3. The molecule has 2 saturated heterocycles. The average Bonchev–Trinajstić information content (AvgIpc) is 2.93. The Morgan fingerprint density at radius 2 is 2.40 bits per heavy atom. The summed E-state index contributed by atoms with van der Waals surface area (Å²) in [6, 6.07) is 0.183. The molecule has 2 bridgehead atoms. The van der Waals surface area contributed by atoms with Gasteiger partial charge < -0.3 is 10.1 Å². The molecule has 0 aliphatic carbocycles. The third kappa shape index (κ3) is 2.18. The van der Waals surface area contributed by atoms with E-state index < -0.39 is 5.60 Å². The van der Waals surface area contributed by atoms with Crippen molar-refractivity contribution in [3.63, 3.8) is 0 Å². The van der Waals surface area contributed by atoms with Crippen LogP contribution in [0.15, 0.2) is 5.51 Å². The molecule has 0 spiro atoms. The lowest BCUT2D eigenvalue weighted by molar-refractivity contribution is -0.0116. The number of amides is 1. The Labute approximate surface area is 122 Å². The van der Waals surface area contributed by atoms with Gasteiger partial charge in [0.05, 0.1) is 0 Å². The van der Waals surface area contributed by atoms with E-state index in [1.54, 1.807) is 5.51 Å². The van der Waals surface area contributed by atoms with Crippen molar-refractivity contribution < 1.29 is 9.53 Å². The molecule has 3 rings (SSSR count). The van der Waals surface area contributed by atoms with Crippen LogP contribution in [-0.4, -0.2) is 45.9 Å². The molecule has 2 unspecified atom stereocenters. The highest BCUT2D eigenvalue weighted by atomic mass is 32.1. The van der Waals surface area contributed by atoms with E-state index in [-0.39, 0.29) is 17.7 Å². The highest BCUT2D eigenvalue weighted by Gasteiger charge is 2.55. The third-order valence-electron chi connectivity index (χ3n) is 3.86. The maximum atomic E-state index is 12.6. The molecule has 2 atom stereocenters. The SMILES string of the molecule is CC(C)(C)OC(=O)N1C2CCC1(c1nncs1)CNC2. The minimum absolute atomic E-state index is 0.183. The molecule has 1 aromatic heterocycles. The number of carbonyl (C=O) groups excluding carboxylic acids is 1. The summed E-state index contributed by atoms with van der Waals surface area (Å²) >= 11 is 1.51. The van der Waals surface area contributed by atoms with Gasteiger partial charge in [-0.2, -0.15) is 0 Å². The van der Waals surface area contributed by atoms with Gasteiger partial charge in [0.2, 0.25) is 0 Å². The van der Waals surface area contributed by atoms with Crippen molar-refractivity contribution in [3.05, 3.63) is 10.5 Å². The highest BCUT2D eigenvalue weighted by Crippen LogP contribution is 2.45. The van der Waals surface area contributed by atoms with Crippen molar-refractivity contribution in [3.8, 4) is 0 Å². The van der Waals surface area contributed by atoms with E-state index in [0.717, 1.165) is 30.9 Å². The molecule has 7 heteroatoms. The third-order valence-corrected chi connectivity index (χ3v) is 4.75. The van der Waals surface area contributed by atoms with Gasteiger partial charge in [-0.1, -0.05) is 0 Å². The van der Waals surface area contributed by atoms with Crippen molar-refractivity contribution >= 4 is 17.4 Å². The van der Waals surface area contributed by atoms with Crippen LogP contribution in [0.2, 0.25) is 0 Å². The van der Waals surface area contributed by atoms with Gasteiger partial charge in [0.1, 0.15) is 21.7 Å². The molecule has 20 heavy (non-hydrogen) atoms. The van der Waals surface area contributed by atoms with Gasteiger partial charge in [-0.3, -0.25) is 4.90 Å². The lowest BCUT2D eigenvalue weighted by Gasteiger charge is -2.43. The van der Waals surface area contributed by atoms with Crippen LogP contribution in [0, 0.1) is 0 Å². The van der Waals surface area contributed by atoms with E-state index in [0.29, 0.717) is 0 Å². The first-order chi connectivity index (χ1) is 9.42. The number of hydrogen-bond acceptors (Lipinski definition) is 6. The molecular weight excluding hydrogens is 276 g/mol. The number of ether oxygens (including phenoxy) is 1. The second kappa shape index (κ2) is 4.66. The molecule has 0 radical (unpaired) electrons. The molecule has 2 aliphatic rings. The molecule has 1 aromatic rings. The van der Waals surface area contributed by atoms with E-state index in [1.807, 2.05) is 25.7 Å². The van der Waals surface area contributed by atoms with Crippen LogP contribution in [0.3, 0.4) is 0 Å². The zero-order valence-electron chi connectivity index (χ0n) is 12.0. The van der Waals surface area contributed by atoms with Crippen LogP contribution >= 0.6 is 11.3 Å². The molecule has 1 amide bonds. The average molecular weight is 296 g/mol. The molecule has 1 N–H and O–H groups in total. The molecule has 2 aliphatic heterocycles. The summed E-state index contributed by atoms with van der Waals surface area (Å²) in [4.78, 5) is 14.5. The second-order valence-electron chi connectivity index (χ2n) is 6.45. The van der Waals surface area contributed by atoms with Gasteiger partial charge in [0.25, 0.3) is 0 Å². The fourth-order valence-corrected chi connectivity index (χ4v) is 3.89. The first-order valence-corrected chi connectivity index (χ1v) is 7.80. The molecular formula is C13H20N4O2S. The Morgan fingerprint density at radius 1 is 1.60 bits per heavy atom. The van der Waals surface area contributed by atoms with Gasteiger partial charge in [-0.05, 0) is 33.6 Å². The van der Waals surface area contributed by atoms with Crippen LogP contribution in [0.1, 0.15) is 38.6 Å². The number of hydrogen-bond donors (Lipinski definition) is 1. The Kier molecular flexibility index (Phi) is 3.21. The topological polar surface area (TPSA) is 67.3 Å². The quantitative estimate of drug-likeness (QED) is 0.855. The summed E-state index contributed by atoms with van der Waals surface area (Å²) in [6.07, 6.45) is 1.65. The normalized spacial score (nSPS) is 29.6. The van der Waals surface area contributed by atoms with E-state index in [1.165, 1.54) is 11.3 Å². The number of carbonyl (C=O) groups is 1. The van der Waals surface area contributed by atoms with Crippen molar-refractivity contribution in [2.45, 2.75) is 50.8 Å². The molecule has 0 aromatic carbocycles. The Balaban J connectivity index is 1.93. The van der Waals surface area contributed by atoms with E-state index >= 15 is 0 Å².